The third-order valence-electron chi connectivity index (χ3n) is 4.02. The Kier molecular flexibility index (Phi) is 5.22. The highest BCUT2D eigenvalue weighted by Gasteiger charge is 2.29. The van der Waals surface area contributed by atoms with Gasteiger partial charge in [-0.05, 0) is 38.1 Å². The minimum absolute atomic E-state index is 0.180. The second kappa shape index (κ2) is 5.99. The van der Waals surface area contributed by atoms with Crippen molar-refractivity contribution in [2.24, 2.45) is 11.1 Å². The number of rotatable bonds is 5. The van der Waals surface area contributed by atoms with Crippen molar-refractivity contribution in [3.05, 3.63) is 0 Å². The van der Waals surface area contributed by atoms with Crippen LogP contribution in [-0.2, 0) is 4.74 Å². The lowest BCUT2D eigenvalue weighted by Crippen LogP contribution is -2.43. The molecule has 1 atom stereocenters. The van der Waals surface area contributed by atoms with E-state index in [2.05, 4.69) is 25.8 Å². The normalized spacial score (nSPS) is 23.6. The minimum Gasteiger partial charge on any atom is -0.379 e. The molecule has 16 heavy (non-hydrogen) atoms. The minimum atomic E-state index is 0.180. The van der Waals surface area contributed by atoms with E-state index in [1.165, 1.54) is 25.7 Å². The molecular formula is C13H28N2O. The van der Waals surface area contributed by atoms with Gasteiger partial charge in [-0.15, -0.1) is 0 Å². The topological polar surface area (TPSA) is 38.5 Å². The van der Waals surface area contributed by atoms with Gasteiger partial charge < -0.3 is 15.4 Å². The van der Waals surface area contributed by atoms with Gasteiger partial charge in [-0.1, -0.05) is 13.8 Å². The molecule has 3 heteroatoms. The predicted molar refractivity (Wildman–Crippen MR) is 68.5 cm³/mol. The first-order valence-corrected chi connectivity index (χ1v) is 6.41. The highest BCUT2D eigenvalue weighted by atomic mass is 16.5. The van der Waals surface area contributed by atoms with Crippen molar-refractivity contribution < 1.29 is 4.74 Å². The summed E-state index contributed by atoms with van der Waals surface area (Å²) in [5.41, 5.74) is 6.20. The van der Waals surface area contributed by atoms with Crippen LogP contribution in [0.2, 0.25) is 0 Å². The van der Waals surface area contributed by atoms with Crippen LogP contribution in [0.5, 0.6) is 0 Å². The molecule has 0 saturated heterocycles. The van der Waals surface area contributed by atoms with Crippen LogP contribution < -0.4 is 5.73 Å². The molecule has 1 unspecified atom stereocenters. The average molecular weight is 228 g/mol. The van der Waals surface area contributed by atoms with Crippen LogP contribution in [-0.4, -0.2) is 44.3 Å². The lowest BCUT2D eigenvalue weighted by molar-refractivity contribution is 0.0474. The van der Waals surface area contributed by atoms with Crippen molar-refractivity contribution in [2.45, 2.75) is 51.7 Å². The summed E-state index contributed by atoms with van der Waals surface area (Å²) in [6.45, 7) is 6.32. The van der Waals surface area contributed by atoms with E-state index in [9.17, 15) is 0 Å². The molecule has 0 aromatic rings. The molecule has 0 bridgehead atoms. The van der Waals surface area contributed by atoms with Gasteiger partial charge in [-0.2, -0.15) is 0 Å². The largest absolute Gasteiger partial charge is 0.379 e. The van der Waals surface area contributed by atoms with Gasteiger partial charge in [-0.3, -0.25) is 0 Å². The monoisotopic (exact) mass is 228 g/mol. The summed E-state index contributed by atoms with van der Waals surface area (Å²) in [6, 6.07) is 0.720. The lowest BCUT2D eigenvalue weighted by atomic mass is 9.75. The fourth-order valence-electron chi connectivity index (χ4n) is 2.54. The fourth-order valence-corrected chi connectivity index (χ4v) is 2.54. The molecule has 2 N–H and O–H groups in total. The Morgan fingerprint density at radius 3 is 2.38 bits per heavy atom. The van der Waals surface area contributed by atoms with E-state index in [0.29, 0.717) is 12.0 Å². The van der Waals surface area contributed by atoms with Crippen molar-refractivity contribution in [1.82, 2.24) is 4.90 Å². The summed E-state index contributed by atoms with van der Waals surface area (Å²) in [7, 11) is 3.94. The maximum Gasteiger partial charge on any atom is 0.0820 e. The van der Waals surface area contributed by atoms with Gasteiger partial charge in [0.15, 0.2) is 0 Å². The molecule has 96 valence electrons. The molecule has 1 saturated carbocycles. The number of hydrogen-bond acceptors (Lipinski definition) is 3. The molecule has 0 radical (unpaired) electrons. The van der Waals surface area contributed by atoms with Crippen molar-refractivity contribution in [3.8, 4) is 0 Å². The Labute approximate surface area is 100 Å². The van der Waals surface area contributed by atoms with Crippen molar-refractivity contribution in [1.29, 1.82) is 0 Å². The highest BCUT2D eigenvalue weighted by molar-refractivity contribution is 4.83. The molecule has 3 nitrogen and oxygen atoms in total. The second-order valence-electron chi connectivity index (χ2n) is 5.93. The first kappa shape index (κ1) is 13.9. The van der Waals surface area contributed by atoms with Gasteiger partial charge in [0.1, 0.15) is 0 Å². The zero-order valence-electron chi connectivity index (χ0n) is 11.3. The number of nitrogens with zero attached hydrogens (tertiary/aromatic N) is 1. The van der Waals surface area contributed by atoms with Crippen LogP contribution in [0.3, 0.4) is 0 Å². The first-order chi connectivity index (χ1) is 7.48. The van der Waals surface area contributed by atoms with Crippen LogP contribution in [0.4, 0.5) is 0 Å². The molecule has 1 rings (SSSR count). The lowest BCUT2D eigenvalue weighted by Gasteiger charge is -2.39. The summed E-state index contributed by atoms with van der Waals surface area (Å²) < 4.78 is 5.34. The summed E-state index contributed by atoms with van der Waals surface area (Å²) in [5.74, 6) is 0. The predicted octanol–water partition coefficient (Wildman–Crippen LogP) is 1.86. The third kappa shape index (κ3) is 4.04. The van der Waals surface area contributed by atoms with E-state index in [0.717, 1.165) is 12.6 Å². The van der Waals surface area contributed by atoms with Crippen molar-refractivity contribution >= 4 is 0 Å². The van der Waals surface area contributed by atoms with Gasteiger partial charge in [0.05, 0.1) is 6.10 Å². The van der Waals surface area contributed by atoms with Crippen LogP contribution in [0.15, 0.2) is 0 Å². The maximum atomic E-state index is 5.65. The maximum absolute atomic E-state index is 5.65. The number of likely N-dealkylation sites (N-methyl/N-ethyl adjacent to an activating group) is 1. The fraction of sp³-hybridized carbons (Fsp3) is 1.00. The molecule has 0 aliphatic heterocycles. The SMILES string of the molecule is COC(CN)CN(C)C1CCC(C)(C)CC1. The van der Waals surface area contributed by atoms with Gasteiger partial charge in [-0.25, -0.2) is 0 Å². The molecule has 0 aromatic carbocycles. The molecule has 0 amide bonds. The Morgan fingerprint density at radius 2 is 1.94 bits per heavy atom. The number of methoxy groups -OCH3 is 1. The zero-order valence-corrected chi connectivity index (χ0v) is 11.3. The summed E-state index contributed by atoms with van der Waals surface area (Å²) in [6.07, 6.45) is 5.47. The van der Waals surface area contributed by atoms with Gasteiger partial charge >= 0.3 is 0 Å². The molecule has 0 spiro atoms. The van der Waals surface area contributed by atoms with Crippen LogP contribution in [0, 0.1) is 5.41 Å². The second-order valence-corrected chi connectivity index (χ2v) is 5.93. The number of nitrogens with two attached hydrogens (primary N) is 1. The highest BCUT2D eigenvalue weighted by Crippen LogP contribution is 2.36. The van der Waals surface area contributed by atoms with Gasteiger partial charge in [0.25, 0.3) is 0 Å². The smallest absolute Gasteiger partial charge is 0.0820 e. The average Bonchev–Trinajstić information content (AvgIpc) is 2.25. The quantitative estimate of drug-likeness (QED) is 0.780. The Morgan fingerprint density at radius 1 is 1.38 bits per heavy atom. The molecule has 0 heterocycles. The van der Waals surface area contributed by atoms with Crippen molar-refractivity contribution in [3.63, 3.8) is 0 Å². The summed E-state index contributed by atoms with van der Waals surface area (Å²) >= 11 is 0. The van der Waals surface area contributed by atoms with E-state index < -0.39 is 0 Å². The van der Waals surface area contributed by atoms with E-state index >= 15 is 0 Å². The Bertz CT molecular complexity index is 192. The Hall–Kier alpha value is -0.120. The molecule has 1 fully saturated rings. The molecular weight excluding hydrogens is 200 g/mol. The standard InChI is InChI=1S/C13H28N2O/c1-13(2)7-5-11(6-8-13)15(3)10-12(9-14)16-4/h11-12H,5-10,14H2,1-4H3. The van der Waals surface area contributed by atoms with E-state index in [4.69, 9.17) is 10.5 Å². The zero-order chi connectivity index (χ0) is 12.2. The Balaban J connectivity index is 2.35. The number of ether oxygens (including phenoxy) is 1. The number of hydrogen-bond donors (Lipinski definition) is 1. The molecule has 1 aliphatic rings. The summed E-state index contributed by atoms with van der Waals surface area (Å²) in [4.78, 5) is 2.43. The van der Waals surface area contributed by atoms with E-state index in [1.54, 1.807) is 7.11 Å². The van der Waals surface area contributed by atoms with Crippen molar-refractivity contribution in [2.75, 3.05) is 27.2 Å². The van der Waals surface area contributed by atoms with Crippen LogP contribution in [0.25, 0.3) is 0 Å². The van der Waals surface area contributed by atoms with Crippen LogP contribution >= 0.6 is 0 Å². The van der Waals surface area contributed by atoms with Gasteiger partial charge in [0, 0.05) is 26.2 Å². The van der Waals surface area contributed by atoms with Crippen LogP contribution in [0.1, 0.15) is 39.5 Å². The first-order valence-electron chi connectivity index (χ1n) is 6.41. The molecule has 1 aliphatic carbocycles. The molecule has 0 aromatic heterocycles. The van der Waals surface area contributed by atoms with E-state index in [1.807, 2.05) is 0 Å². The summed E-state index contributed by atoms with van der Waals surface area (Å²) in [5, 5.41) is 0. The van der Waals surface area contributed by atoms with E-state index in [-0.39, 0.29) is 6.10 Å². The van der Waals surface area contributed by atoms with Gasteiger partial charge in [0.2, 0.25) is 0 Å². The third-order valence-corrected chi connectivity index (χ3v) is 4.02.